The van der Waals surface area contributed by atoms with Gasteiger partial charge in [0.15, 0.2) is 0 Å². The van der Waals surface area contributed by atoms with Crippen LogP contribution in [0.25, 0.3) is 0 Å². The van der Waals surface area contributed by atoms with Crippen LogP contribution in [0.3, 0.4) is 0 Å². The number of ether oxygens (including phenoxy) is 1. The molecule has 0 aliphatic carbocycles. The lowest BCUT2D eigenvalue weighted by molar-refractivity contribution is 0.122. The maximum Gasteiger partial charge on any atom is 0.0642 e. The Morgan fingerprint density at radius 2 is 1.95 bits per heavy atom. The Labute approximate surface area is 115 Å². The lowest BCUT2D eigenvalue weighted by atomic mass is 9.92. The number of benzene rings is 1. The predicted molar refractivity (Wildman–Crippen MR) is 78.8 cm³/mol. The standard InChI is InChI=1S/C16H24N2O/c1-2-15(13-17-7-1)12-14-3-5-16(6-4-14)18-8-10-19-11-9-18/h3-6,15,17H,1-2,7-13H2. The van der Waals surface area contributed by atoms with E-state index in [1.54, 1.807) is 0 Å². The van der Waals surface area contributed by atoms with Crippen LogP contribution in [0.15, 0.2) is 24.3 Å². The van der Waals surface area contributed by atoms with Gasteiger partial charge in [-0.3, -0.25) is 0 Å². The van der Waals surface area contributed by atoms with Crippen molar-refractivity contribution in [3.8, 4) is 0 Å². The Balaban J connectivity index is 1.58. The van der Waals surface area contributed by atoms with Crippen LogP contribution in [0.1, 0.15) is 18.4 Å². The van der Waals surface area contributed by atoms with E-state index in [2.05, 4.69) is 34.5 Å². The number of piperidine rings is 1. The van der Waals surface area contributed by atoms with E-state index in [0.717, 1.165) is 32.2 Å². The summed E-state index contributed by atoms with van der Waals surface area (Å²) in [6.45, 7) is 6.14. The molecule has 1 atom stereocenters. The summed E-state index contributed by atoms with van der Waals surface area (Å²) < 4.78 is 5.40. The molecule has 0 bridgehead atoms. The third kappa shape index (κ3) is 3.48. The number of nitrogens with zero attached hydrogens (tertiary/aromatic N) is 1. The lowest BCUT2D eigenvalue weighted by Gasteiger charge is -2.29. The summed E-state index contributed by atoms with van der Waals surface area (Å²) in [5, 5.41) is 3.50. The van der Waals surface area contributed by atoms with E-state index in [1.165, 1.54) is 43.6 Å². The van der Waals surface area contributed by atoms with Crippen molar-refractivity contribution >= 4 is 5.69 Å². The van der Waals surface area contributed by atoms with E-state index in [4.69, 9.17) is 4.74 Å². The van der Waals surface area contributed by atoms with E-state index < -0.39 is 0 Å². The average Bonchev–Trinajstić information content (AvgIpc) is 2.50. The van der Waals surface area contributed by atoms with Gasteiger partial charge in [0.2, 0.25) is 0 Å². The van der Waals surface area contributed by atoms with Gasteiger partial charge >= 0.3 is 0 Å². The highest BCUT2D eigenvalue weighted by Gasteiger charge is 2.14. The summed E-state index contributed by atoms with van der Waals surface area (Å²) in [6.07, 6.45) is 3.92. The van der Waals surface area contributed by atoms with Gasteiger partial charge in [0, 0.05) is 18.8 Å². The van der Waals surface area contributed by atoms with Crippen LogP contribution in [0.5, 0.6) is 0 Å². The summed E-state index contributed by atoms with van der Waals surface area (Å²) in [5.74, 6) is 0.822. The Hall–Kier alpha value is -1.06. The van der Waals surface area contributed by atoms with Crippen molar-refractivity contribution in [2.75, 3.05) is 44.3 Å². The zero-order valence-corrected chi connectivity index (χ0v) is 11.6. The molecule has 1 aromatic rings. The molecule has 104 valence electrons. The highest BCUT2D eigenvalue weighted by molar-refractivity contribution is 5.48. The first-order chi connectivity index (χ1) is 9.42. The fourth-order valence-electron chi connectivity index (χ4n) is 3.10. The van der Waals surface area contributed by atoms with E-state index in [1.807, 2.05) is 0 Å². The highest BCUT2D eigenvalue weighted by atomic mass is 16.5. The molecule has 2 saturated heterocycles. The summed E-state index contributed by atoms with van der Waals surface area (Å²) in [6, 6.07) is 9.16. The van der Waals surface area contributed by atoms with E-state index in [0.29, 0.717) is 0 Å². The molecular weight excluding hydrogens is 236 g/mol. The first-order valence-corrected chi connectivity index (χ1v) is 7.54. The van der Waals surface area contributed by atoms with Crippen LogP contribution in [0, 0.1) is 5.92 Å². The van der Waals surface area contributed by atoms with Gasteiger partial charge in [-0.25, -0.2) is 0 Å². The van der Waals surface area contributed by atoms with Crippen molar-refractivity contribution in [1.29, 1.82) is 0 Å². The van der Waals surface area contributed by atoms with Crippen molar-refractivity contribution in [1.82, 2.24) is 5.32 Å². The van der Waals surface area contributed by atoms with E-state index in [-0.39, 0.29) is 0 Å². The second kappa shape index (κ2) is 6.40. The number of hydrogen-bond donors (Lipinski definition) is 1. The monoisotopic (exact) mass is 260 g/mol. The van der Waals surface area contributed by atoms with Gasteiger partial charge in [0.1, 0.15) is 0 Å². The van der Waals surface area contributed by atoms with Crippen molar-refractivity contribution in [2.45, 2.75) is 19.3 Å². The minimum Gasteiger partial charge on any atom is -0.378 e. The zero-order chi connectivity index (χ0) is 12.9. The van der Waals surface area contributed by atoms with E-state index >= 15 is 0 Å². The predicted octanol–water partition coefficient (Wildman–Crippen LogP) is 2.07. The van der Waals surface area contributed by atoms with Crippen LogP contribution >= 0.6 is 0 Å². The molecule has 1 unspecified atom stereocenters. The molecule has 2 fully saturated rings. The van der Waals surface area contributed by atoms with Crippen molar-refractivity contribution in [2.24, 2.45) is 5.92 Å². The molecule has 3 rings (SSSR count). The van der Waals surface area contributed by atoms with Crippen LogP contribution in [-0.4, -0.2) is 39.4 Å². The third-order valence-electron chi connectivity index (χ3n) is 4.24. The molecule has 2 heterocycles. The quantitative estimate of drug-likeness (QED) is 0.900. The fraction of sp³-hybridized carbons (Fsp3) is 0.625. The smallest absolute Gasteiger partial charge is 0.0642 e. The number of morpholine rings is 1. The molecule has 1 aromatic carbocycles. The number of hydrogen-bond acceptors (Lipinski definition) is 3. The second-order valence-corrected chi connectivity index (χ2v) is 5.68. The van der Waals surface area contributed by atoms with Crippen molar-refractivity contribution in [3.05, 3.63) is 29.8 Å². The minimum absolute atomic E-state index is 0.822. The Morgan fingerprint density at radius 3 is 2.63 bits per heavy atom. The Bertz CT molecular complexity index is 378. The molecule has 1 N–H and O–H groups in total. The maximum atomic E-state index is 5.40. The van der Waals surface area contributed by atoms with Gasteiger partial charge < -0.3 is 15.0 Å². The first-order valence-electron chi connectivity index (χ1n) is 7.54. The van der Waals surface area contributed by atoms with E-state index in [9.17, 15) is 0 Å². The highest BCUT2D eigenvalue weighted by Crippen LogP contribution is 2.20. The summed E-state index contributed by atoms with van der Waals surface area (Å²) in [4.78, 5) is 2.41. The van der Waals surface area contributed by atoms with Crippen molar-refractivity contribution < 1.29 is 4.74 Å². The molecule has 3 heteroatoms. The Kier molecular flexibility index (Phi) is 4.36. The summed E-state index contributed by atoms with van der Waals surface area (Å²) in [5.41, 5.74) is 2.82. The molecule has 2 aliphatic heterocycles. The number of rotatable bonds is 3. The largest absolute Gasteiger partial charge is 0.378 e. The van der Waals surface area contributed by atoms with Crippen LogP contribution in [0.4, 0.5) is 5.69 Å². The lowest BCUT2D eigenvalue weighted by Crippen LogP contribution is -2.36. The van der Waals surface area contributed by atoms with Crippen LogP contribution in [0.2, 0.25) is 0 Å². The van der Waals surface area contributed by atoms with Gasteiger partial charge in [0.25, 0.3) is 0 Å². The summed E-state index contributed by atoms with van der Waals surface area (Å²) >= 11 is 0. The van der Waals surface area contributed by atoms with Gasteiger partial charge in [-0.2, -0.15) is 0 Å². The second-order valence-electron chi connectivity index (χ2n) is 5.68. The summed E-state index contributed by atoms with van der Waals surface area (Å²) in [7, 11) is 0. The fourth-order valence-corrected chi connectivity index (χ4v) is 3.10. The maximum absolute atomic E-state index is 5.40. The van der Waals surface area contributed by atoms with Crippen molar-refractivity contribution in [3.63, 3.8) is 0 Å². The van der Waals surface area contributed by atoms with Crippen LogP contribution in [-0.2, 0) is 11.2 Å². The molecule has 19 heavy (non-hydrogen) atoms. The normalized spacial score (nSPS) is 24.4. The molecular formula is C16H24N2O. The van der Waals surface area contributed by atoms with Gasteiger partial charge in [0.05, 0.1) is 13.2 Å². The molecule has 0 aromatic heterocycles. The van der Waals surface area contributed by atoms with Crippen LogP contribution < -0.4 is 10.2 Å². The topological polar surface area (TPSA) is 24.5 Å². The number of nitrogens with one attached hydrogen (secondary N) is 1. The minimum atomic E-state index is 0.822. The van der Waals surface area contributed by atoms with Gasteiger partial charge in [-0.05, 0) is 56.0 Å². The molecule has 0 saturated carbocycles. The number of anilines is 1. The SMILES string of the molecule is c1cc(N2CCOCC2)ccc1CC1CCCNC1. The molecule has 0 spiro atoms. The molecule has 0 radical (unpaired) electrons. The Morgan fingerprint density at radius 1 is 1.16 bits per heavy atom. The average molecular weight is 260 g/mol. The van der Waals surface area contributed by atoms with Gasteiger partial charge in [-0.1, -0.05) is 12.1 Å². The molecule has 2 aliphatic rings. The molecule has 3 nitrogen and oxygen atoms in total. The van der Waals surface area contributed by atoms with Gasteiger partial charge in [-0.15, -0.1) is 0 Å². The zero-order valence-electron chi connectivity index (χ0n) is 11.6. The third-order valence-corrected chi connectivity index (χ3v) is 4.24. The first kappa shape index (κ1) is 12.9. The molecule has 0 amide bonds.